The van der Waals surface area contributed by atoms with Crippen molar-refractivity contribution >= 4 is 22.4 Å². The summed E-state index contributed by atoms with van der Waals surface area (Å²) in [5.74, 6) is 0.479. The van der Waals surface area contributed by atoms with Crippen molar-refractivity contribution < 1.29 is 19.1 Å². The van der Waals surface area contributed by atoms with E-state index in [0.29, 0.717) is 5.95 Å². The van der Waals surface area contributed by atoms with Crippen molar-refractivity contribution in [1.29, 1.82) is 0 Å². The number of aliphatic hydroxyl groups is 1. The minimum Gasteiger partial charge on any atom is -0.366 e. The predicted octanol–water partition coefficient (Wildman–Crippen LogP) is -0.253. The average molecular weight is 304 g/mol. The molecule has 3 N–H and O–H groups in total. The highest BCUT2D eigenvalue weighted by Gasteiger charge is 2.37. The molecular formula is C9H14N4O4P2. The SMILES string of the molecule is O=PC(O)(c1cnc(N2CCNCC2)nc1)[PH](=O)O. The number of hydrogen-bond donors (Lipinski definition) is 3. The number of nitrogens with zero attached hydrogens (tertiary/aromatic N) is 3. The van der Waals surface area contributed by atoms with Gasteiger partial charge in [-0.05, 0) is 0 Å². The average Bonchev–Trinajstić information content (AvgIpc) is 2.47. The fraction of sp³-hybridized carbons (Fsp3) is 0.556. The number of hydrogen-bond acceptors (Lipinski definition) is 7. The normalized spacial score (nSPS) is 21.1. The quantitative estimate of drug-likeness (QED) is 0.652. The fourth-order valence-electron chi connectivity index (χ4n) is 1.74. The molecule has 2 heterocycles. The van der Waals surface area contributed by atoms with Crippen LogP contribution in [-0.4, -0.2) is 46.1 Å². The van der Waals surface area contributed by atoms with E-state index in [1.807, 2.05) is 4.90 Å². The summed E-state index contributed by atoms with van der Waals surface area (Å²) in [4.78, 5) is 19.1. The highest BCUT2D eigenvalue weighted by atomic mass is 31.2. The van der Waals surface area contributed by atoms with E-state index >= 15 is 0 Å². The van der Waals surface area contributed by atoms with Crippen LogP contribution in [0.1, 0.15) is 5.56 Å². The van der Waals surface area contributed by atoms with Gasteiger partial charge in [0, 0.05) is 44.1 Å². The Morgan fingerprint density at radius 3 is 2.42 bits per heavy atom. The molecule has 1 fully saturated rings. The molecule has 0 radical (unpaired) electrons. The topological polar surface area (TPSA) is 116 Å². The van der Waals surface area contributed by atoms with Crippen LogP contribution in [-0.2, 0) is 14.2 Å². The minimum absolute atomic E-state index is 0.0329. The van der Waals surface area contributed by atoms with Crippen molar-refractivity contribution in [3.63, 3.8) is 0 Å². The van der Waals surface area contributed by atoms with E-state index in [0.717, 1.165) is 26.2 Å². The number of rotatable bonds is 4. The zero-order valence-electron chi connectivity index (χ0n) is 9.98. The summed E-state index contributed by atoms with van der Waals surface area (Å²) in [5, 5.41) is 10.7. The second kappa shape index (κ2) is 6.03. The Labute approximate surface area is 111 Å². The Morgan fingerprint density at radius 2 is 1.95 bits per heavy atom. The lowest BCUT2D eigenvalue weighted by atomic mass is 10.3. The largest absolute Gasteiger partial charge is 0.366 e. The van der Waals surface area contributed by atoms with Crippen LogP contribution in [0.15, 0.2) is 12.4 Å². The van der Waals surface area contributed by atoms with Gasteiger partial charge in [-0.1, -0.05) is 0 Å². The fourth-order valence-corrected chi connectivity index (χ4v) is 2.65. The maximum atomic E-state index is 11.1. The molecule has 0 amide bonds. The van der Waals surface area contributed by atoms with Crippen LogP contribution in [0, 0.1) is 0 Å². The minimum atomic E-state index is -3.43. The Bertz CT molecular complexity index is 480. The van der Waals surface area contributed by atoms with Gasteiger partial charge in [0.25, 0.3) is 0 Å². The van der Waals surface area contributed by atoms with Gasteiger partial charge in [-0.15, -0.1) is 0 Å². The monoisotopic (exact) mass is 304 g/mol. The molecule has 0 bridgehead atoms. The molecule has 1 aromatic heterocycles. The lowest BCUT2D eigenvalue weighted by Crippen LogP contribution is -2.44. The van der Waals surface area contributed by atoms with E-state index in [1.54, 1.807) is 0 Å². The van der Waals surface area contributed by atoms with Gasteiger partial charge in [0.2, 0.25) is 27.5 Å². The lowest BCUT2D eigenvalue weighted by Gasteiger charge is -2.27. The molecule has 0 saturated carbocycles. The summed E-state index contributed by atoms with van der Waals surface area (Å²) in [7, 11) is -4.28. The zero-order chi connectivity index (χ0) is 13.9. The summed E-state index contributed by atoms with van der Waals surface area (Å²) < 4.78 is 22.0. The molecule has 0 aromatic carbocycles. The van der Waals surface area contributed by atoms with Gasteiger partial charge in [-0.2, -0.15) is 0 Å². The Balaban J connectivity index is 2.22. The van der Waals surface area contributed by atoms with Gasteiger partial charge in [0.1, 0.15) is 0 Å². The summed E-state index contributed by atoms with van der Waals surface area (Å²) in [5.41, 5.74) is -0.0329. The molecule has 1 aromatic rings. The Morgan fingerprint density at radius 1 is 1.37 bits per heavy atom. The Hall–Kier alpha value is -0.910. The lowest BCUT2D eigenvalue weighted by molar-refractivity contribution is 0.200. The molecule has 1 aliphatic heterocycles. The third-order valence-corrected chi connectivity index (χ3v) is 5.13. The molecule has 19 heavy (non-hydrogen) atoms. The molecule has 1 aliphatic rings. The Kier molecular flexibility index (Phi) is 4.60. The highest BCUT2D eigenvalue weighted by molar-refractivity contribution is 7.52. The third-order valence-electron chi connectivity index (χ3n) is 2.87. The van der Waals surface area contributed by atoms with Crippen molar-refractivity contribution in [3.8, 4) is 0 Å². The molecule has 1 saturated heterocycles. The molecular weight excluding hydrogens is 290 g/mol. The van der Waals surface area contributed by atoms with E-state index in [9.17, 15) is 14.2 Å². The first-order valence-corrected chi connectivity index (χ1v) is 7.83. The maximum absolute atomic E-state index is 11.1. The molecule has 2 rings (SSSR count). The van der Waals surface area contributed by atoms with Crippen molar-refractivity contribution in [3.05, 3.63) is 18.0 Å². The summed E-state index contributed by atoms with van der Waals surface area (Å²) >= 11 is 0. The smallest absolute Gasteiger partial charge is 0.247 e. The van der Waals surface area contributed by atoms with Crippen molar-refractivity contribution in [1.82, 2.24) is 15.3 Å². The predicted molar refractivity (Wildman–Crippen MR) is 69.8 cm³/mol. The van der Waals surface area contributed by atoms with Crippen molar-refractivity contribution in [2.75, 3.05) is 31.1 Å². The van der Waals surface area contributed by atoms with Crippen LogP contribution in [0.4, 0.5) is 5.95 Å². The van der Waals surface area contributed by atoms with Crippen LogP contribution < -0.4 is 10.2 Å². The van der Waals surface area contributed by atoms with Gasteiger partial charge in [-0.25, -0.2) is 9.97 Å². The van der Waals surface area contributed by atoms with E-state index in [1.165, 1.54) is 12.4 Å². The first-order valence-electron chi connectivity index (χ1n) is 5.66. The van der Waals surface area contributed by atoms with Crippen LogP contribution in [0.2, 0.25) is 0 Å². The second-order valence-corrected chi connectivity index (χ2v) is 6.66. The summed E-state index contributed by atoms with van der Waals surface area (Å²) in [6, 6.07) is 0. The van der Waals surface area contributed by atoms with Crippen LogP contribution in [0.3, 0.4) is 0 Å². The molecule has 10 heteroatoms. The van der Waals surface area contributed by atoms with Gasteiger partial charge in [0.15, 0.2) is 0 Å². The van der Waals surface area contributed by atoms with E-state index in [4.69, 9.17) is 4.89 Å². The maximum Gasteiger partial charge on any atom is 0.247 e. The highest BCUT2D eigenvalue weighted by Crippen LogP contribution is 2.49. The zero-order valence-corrected chi connectivity index (χ0v) is 11.9. The van der Waals surface area contributed by atoms with Crippen LogP contribution in [0.5, 0.6) is 0 Å². The molecule has 2 atom stereocenters. The van der Waals surface area contributed by atoms with Crippen LogP contribution in [0.25, 0.3) is 0 Å². The van der Waals surface area contributed by atoms with E-state index in [2.05, 4.69) is 15.3 Å². The summed E-state index contributed by atoms with van der Waals surface area (Å²) in [6.45, 7) is 3.19. The first kappa shape index (κ1) is 14.5. The molecule has 8 nitrogen and oxygen atoms in total. The third kappa shape index (κ3) is 2.99. The van der Waals surface area contributed by atoms with Gasteiger partial charge < -0.3 is 20.2 Å². The van der Waals surface area contributed by atoms with E-state index < -0.39 is 21.6 Å². The first-order chi connectivity index (χ1) is 9.08. The van der Waals surface area contributed by atoms with Crippen molar-refractivity contribution in [2.24, 2.45) is 0 Å². The van der Waals surface area contributed by atoms with Gasteiger partial charge in [0.05, 0.1) is 0 Å². The molecule has 104 valence electrons. The number of aromatic nitrogens is 2. The molecule has 2 unspecified atom stereocenters. The second-order valence-electron chi connectivity index (χ2n) is 4.08. The summed E-state index contributed by atoms with van der Waals surface area (Å²) in [6.07, 6.45) is 2.46. The molecule has 0 aliphatic carbocycles. The number of piperazine rings is 1. The standard InChI is InChI=1S/C9H14N4O4P2/c14-9(18-15,19(16)17)7-5-11-8(12-6-7)13-3-1-10-2-4-13/h5-6,10,14,19H,1-4H2,(H,16,17). The molecule has 0 spiro atoms. The van der Waals surface area contributed by atoms with Crippen molar-refractivity contribution in [2.45, 2.75) is 5.08 Å². The van der Waals surface area contributed by atoms with Crippen LogP contribution >= 0.6 is 16.5 Å². The van der Waals surface area contributed by atoms with Gasteiger partial charge in [-0.3, -0.25) is 9.13 Å². The van der Waals surface area contributed by atoms with Gasteiger partial charge >= 0.3 is 0 Å². The number of anilines is 1. The number of nitrogens with one attached hydrogen (secondary N) is 1. The van der Waals surface area contributed by atoms with E-state index in [-0.39, 0.29) is 5.56 Å².